The molecule has 0 unspecified atom stereocenters. The number of furan rings is 1. The van der Waals surface area contributed by atoms with Gasteiger partial charge < -0.3 is 9.15 Å². The van der Waals surface area contributed by atoms with Gasteiger partial charge in [-0.1, -0.05) is 46.3 Å². The van der Waals surface area contributed by atoms with Gasteiger partial charge in [-0.15, -0.1) is 0 Å². The van der Waals surface area contributed by atoms with Gasteiger partial charge in [-0.25, -0.2) is 5.43 Å². The van der Waals surface area contributed by atoms with Gasteiger partial charge in [0.2, 0.25) is 0 Å². The third kappa shape index (κ3) is 4.75. The number of halogens is 2. The summed E-state index contributed by atoms with van der Waals surface area (Å²) < 4.78 is 13.1. The van der Waals surface area contributed by atoms with E-state index in [0.717, 1.165) is 25.6 Å². The average molecular weight is 514 g/mol. The van der Waals surface area contributed by atoms with Crippen LogP contribution in [0.15, 0.2) is 91.3 Å². The van der Waals surface area contributed by atoms with Gasteiger partial charge in [0.15, 0.2) is 5.76 Å². The summed E-state index contributed by atoms with van der Waals surface area (Å²) in [5.41, 5.74) is 3.87. The van der Waals surface area contributed by atoms with E-state index in [4.69, 9.17) is 9.15 Å². The molecule has 0 aliphatic carbocycles. The number of para-hydroxylation sites is 1. The Morgan fingerprint density at radius 2 is 1.76 bits per heavy atom. The summed E-state index contributed by atoms with van der Waals surface area (Å²) in [6.45, 7) is 0. The molecule has 1 heterocycles. The maximum absolute atomic E-state index is 12.3. The van der Waals surface area contributed by atoms with Crippen LogP contribution in [0.5, 0.6) is 11.5 Å². The monoisotopic (exact) mass is 512 g/mol. The summed E-state index contributed by atoms with van der Waals surface area (Å²) in [6, 6.07) is 22.3. The number of fused-ring (bicyclic) bond motifs is 1. The predicted octanol–water partition coefficient (Wildman–Crippen LogP) is 6.51. The van der Waals surface area contributed by atoms with Crippen LogP contribution in [0.2, 0.25) is 0 Å². The van der Waals surface area contributed by atoms with Crippen molar-refractivity contribution in [3.63, 3.8) is 0 Å². The number of ether oxygens (including phenoxy) is 1. The van der Waals surface area contributed by atoms with E-state index in [2.05, 4.69) is 42.4 Å². The Bertz CT molecular complexity index is 1200. The Kier molecular flexibility index (Phi) is 5.78. The molecule has 0 saturated heterocycles. The van der Waals surface area contributed by atoms with Crippen molar-refractivity contribution in [3.05, 3.63) is 93.1 Å². The molecule has 1 N–H and O–H groups in total. The SMILES string of the molecule is O=C(N/N=C\c1cccc(Oc2ccccc2)c1)c1cc2cc(Br)cc(Br)c2o1. The topological polar surface area (TPSA) is 63.8 Å². The minimum atomic E-state index is -0.433. The number of carbonyl (C=O) groups is 1. The van der Waals surface area contributed by atoms with Crippen LogP contribution in [0, 0.1) is 0 Å². The number of hydrazone groups is 1. The molecule has 0 bridgehead atoms. The molecule has 0 radical (unpaired) electrons. The lowest BCUT2D eigenvalue weighted by molar-refractivity contribution is 0.0929. The van der Waals surface area contributed by atoms with E-state index in [9.17, 15) is 4.79 Å². The summed E-state index contributed by atoms with van der Waals surface area (Å²) in [6.07, 6.45) is 1.55. The highest BCUT2D eigenvalue weighted by Gasteiger charge is 2.14. The predicted molar refractivity (Wildman–Crippen MR) is 120 cm³/mol. The van der Waals surface area contributed by atoms with Crippen molar-refractivity contribution in [2.24, 2.45) is 5.10 Å². The van der Waals surface area contributed by atoms with Gasteiger partial charge in [-0.3, -0.25) is 4.79 Å². The summed E-state index contributed by atoms with van der Waals surface area (Å²) in [5, 5.41) is 4.83. The Morgan fingerprint density at radius 3 is 2.59 bits per heavy atom. The van der Waals surface area contributed by atoms with Gasteiger partial charge in [0.05, 0.1) is 10.7 Å². The standard InChI is InChI=1S/C22H14Br2N2O3/c23-16-10-15-11-20(29-21(15)19(24)12-16)22(27)26-25-13-14-5-4-8-18(9-14)28-17-6-2-1-3-7-17/h1-13H,(H,26,27)/b25-13-. The molecule has 4 aromatic rings. The molecule has 29 heavy (non-hydrogen) atoms. The van der Waals surface area contributed by atoms with E-state index in [1.54, 1.807) is 12.3 Å². The first-order chi connectivity index (χ1) is 14.1. The molecule has 0 aliphatic heterocycles. The number of rotatable bonds is 5. The molecule has 0 spiro atoms. The third-order valence-electron chi connectivity index (χ3n) is 3.98. The second kappa shape index (κ2) is 8.63. The highest BCUT2D eigenvalue weighted by molar-refractivity contribution is 9.11. The van der Waals surface area contributed by atoms with Crippen LogP contribution in [-0.4, -0.2) is 12.1 Å². The van der Waals surface area contributed by atoms with E-state index < -0.39 is 5.91 Å². The van der Waals surface area contributed by atoms with E-state index in [0.29, 0.717) is 11.3 Å². The quantitative estimate of drug-likeness (QED) is 0.244. The van der Waals surface area contributed by atoms with Gasteiger partial charge in [-0.2, -0.15) is 5.10 Å². The Hall–Kier alpha value is -2.90. The Labute approximate surface area is 183 Å². The molecular formula is C22H14Br2N2O3. The molecule has 0 atom stereocenters. The highest BCUT2D eigenvalue weighted by Crippen LogP contribution is 2.31. The minimum absolute atomic E-state index is 0.178. The number of nitrogens with zero attached hydrogens (tertiary/aromatic N) is 1. The molecule has 4 rings (SSSR count). The number of amides is 1. The number of hydrogen-bond donors (Lipinski definition) is 1. The molecular weight excluding hydrogens is 500 g/mol. The van der Waals surface area contributed by atoms with E-state index in [-0.39, 0.29) is 5.76 Å². The second-order valence-corrected chi connectivity index (χ2v) is 7.87. The van der Waals surface area contributed by atoms with Crippen molar-refractivity contribution in [1.82, 2.24) is 5.43 Å². The first-order valence-electron chi connectivity index (χ1n) is 8.63. The fourth-order valence-electron chi connectivity index (χ4n) is 2.69. The molecule has 0 fully saturated rings. The molecule has 3 aromatic carbocycles. The normalized spacial score (nSPS) is 11.1. The van der Waals surface area contributed by atoms with E-state index >= 15 is 0 Å². The van der Waals surface area contributed by atoms with Crippen molar-refractivity contribution >= 4 is 55.0 Å². The molecule has 7 heteroatoms. The van der Waals surface area contributed by atoms with Crippen LogP contribution >= 0.6 is 31.9 Å². The van der Waals surface area contributed by atoms with Crippen molar-refractivity contribution in [2.75, 3.05) is 0 Å². The zero-order chi connectivity index (χ0) is 20.2. The lowest BCUT2D eigenvalue weighted by Crippen LogP contribution is -2.16. The zero-order valence-corrected chi connectivity index (χ0v) is 18.1. The van der Waals surface area contributed by atoms with Crippen LogP contribution < -0.4 is 10.2 Å². The van der Waals surface area contributed by atoms with Gasteiger partial charge in [-0.05, 0) is 64.0 Å². The van der Waals surface area contributed by atoms with Gasteiger partial charge in [0.25, 0.3) is 0 Å². The van der Waals surface area contributed by atoms with E-state index in [1.807, 2.05) is 66.7 Å². The van der Waals surface area contributed by atoms with Crippen molar-refractivity contribution in [1.29, 1.82) is 0 Å². The molecule has 0 aliphatic rings. The fourth-order valence-corrected chi connectivity index (χ4v) is 4.03. The van der Waals surface area contributed by atoms with Gasteiger partial charge in [0.1, 0.15) is 17.1 Å². The number of carbonyl (C=O) groups excluding carboxylic acids is 1. The Morgan fingerprint density at radius 1 is 0.966 bits per heavy atom. The summed E-state index contributed by atoms with van der Waals surface area (Å²) in [5.74, 6) is 1.17. The highest BCUT2D eigenvalue weighted by atomic mass is 79.9. The van der Waals surface area contributed by atoms with Crippen molar-refractivity contribution < 1.29 is 13.9 Å². The zero-order valence-electron chi connectivity index (χ0n) is 14.9. The Balaban J connectivity index is 1.44. The number of benzene rings is 3. The summed E-state index contributed by atoms with van der Waals surface area (Å²) in [4.78, 5) is 12.3. The number of nitrogens with one attached hydrogen (secondary N) is 1. The van der Waals surface area contributed by atoms with Crippen molar-refractivity contribution in [3.8, 4) is 11.5 Å². The number of hydrogen-bond acceptors (Lipinski definition) is 4. The third-order valence-corrected chi connectivity index (χ3v) is 5.02. The smallest absolute Gasteiger partial charge is 0.307 e. The average Bonchev–Trinajstić information content (AvgIpc) is 3.14. The van der Waals surface area contributed by atoms with Crippen LogP contribution in [0.3, 0.4) is 0 Å². The maximum atomic E-state index is 12.3. The largest absolute Gasteiger partial charge is 0.457 e. The van der Waals surface area contributed by atoms with Crippen molar-refractivity contribution in [2.45, 2.75) is 0 Å². The maximum Gasteiger partial charge on any atom is 0.307 e. The lowest BCUT2D eigenvalue weighted by atomic mass is 10.2. The van der Waals surface area contributed by atoms with Crippen LogP contribution in [0.1, 0.15) is 16.1 Å². The molecule has 1 amide bonds. The van der Waals surface area contributed by atoms with Crippen LogP contribution in [0.25, 0.3) is 11.0 Å². The van der Waals surface area contributed by atoms with E-state index in [1.165, 1.54) is 0 Å². The van der Waals surface area contributed by atoms with Gasteiger partial charge in [0, 0.05) is 9.86 Å². The lowest BCUT2D eigenvalue weighted by Gasteiger charge is -2.05. The summed E-state index contributed by atoms with van der Waals surface area (Å²) in [7, 11) is 0. The van der Waals surface area contributed by atoms with Gasteiger partial charge >= 0.3 is 5.91 Å². The first kappa shape index (κ1) is 19.4. The second-order valence-electron chi connectivity index (χ2n) is 6.10. The van der Waals surface area contributed by atoms with Crippen LogP contribution in [0.4, 0.5) is 0 Å². The first-order valence-corrected chi connectivity index (χ1v) is 10.2. The molecule has 0 saturated carbocycles. The van der Waals surface area contributed by atoms with Crippen LogP contribution in [-0.2, 0) is 0 Å². The minimum Gasteiger partial charge on any atom is -0.457 e. The summed E-state index contributed by atoms with van der Waals surface area (Å²) >= 11 is 6.84. The molecule has 1 aromatic heterocycles. The molecule has 5 nitrogen and oxygen atoms in total. The molecule has 144 valence electrons. The fraction of sp³-hybridized carbons (Fsp3) is 0.